The van der Waals surface area contributed by atoms with Gasteiger partial charge in [-0.2, -0.15) is 4.31 Å². The maximum Gasteiger partial charge on any atom is 0.251 e. The summed E-state index contributed by atoms with van der Waals surface area (Å²) in [5.41, 5.74) is 0.537. The van der Waals surface area contributed by atoms with E-state index in [1.165, 1.54) is 0 Å². The lowest BCUT2D eigenvalue weighted by atomic mass is 9.96. The van der Waals surface area contributed by atoms with Crippen molar-refractivity contribution in [3.63, 3.8) is 0 Å². The van der Waals surface area contributed by atoms with Gasteiger partial charge in [-0.05, 0) is 66.8 Å². The topological polar surface area (TPSA) is 78.9 Å². The van der Waals surface area contributed by atoms with Crippen molar-refractivity contribution in [3.05, 3.63) is 50.5 Å². The molecule has 1 saturated heterocycles. The Morgan fingerprint density at radius 2 is 2.00 bits per heavy atom. The number of allylic oxidation sites excluding steroid dienone is 1. The van der Waals surface area contributed by atoms with Crippen LogP contribution < -0.4 is 10.1 Å². The van der Waals surface area contributed by atoms with Crippen molar-refractivity contribution in [1.29, 1.82) is 0 Å². The molecule has 0 bridgehead atoms. The molecule has 0 spiro atoms. The van der Waals surface area contributed by atoms with Crippen molar-refractivity contribution in [2.24, 2.45) is 5.92 Å². The highest BCUT2D eigenvalue weighted by molar-refractivity contribution is 14.1. The van der Waals surface area contributed by atoms with Gasteiger partial charge in [0.25, 0.3) is 5.91 Å². The summed E-state index contributed by atoms with van der Waals surface area (Å²) in [7, 11) is 0.0347. The largest absolute Gasteiger partial charge is 0.496 e. The zero-order chi connectivity index (χ0) is 22.1. The number of nitrogens with one attached hydrogen (secondary N) is 1. The van der Waals surface area contributed by atoms with Gasteiger partial charge in [-0.15, -0.1) is 0 Å². The number of nitrogens with zero attached hydrogens (tertiary/aromatic N) is 2. The molecule has 3 rings (SSSR count). The summed E-state index contributed by atoms with van der Waals surface area (Å²) in [5.74, 6) is 0.363. The summed E-state index contributed by atoms with van der Waals surface area (Å²) < 4.78 is 33.9. The molecule has 1 aromatic carbocycles. The molecule has 1 aliphatic heterocycles. The Labute approximate surface area is 192 Å². The summed E-state index contributed by atoms with van der Waals surface area (Å²) in [5, 5.41) is 2.99. The smallest absolute Gasteiger partial charge is 0.251 e. The van der Waals surface area contributed by atoms with E-state index in [1.807, 2.05) is 20.9 Å². The SMILES string of the molecule is COc1ccc(C(=O)NC2C=CC(S(=O)(=O)N3CCN(C)CC3C)=CC2C)cc1I. The molecule has 3 unspecified atom stereocenters. The Morgan fingerprint density at radius 3 is 2.60 bits per heavy atom. The monoisotopic (exact) mass is 545 g/mol. The third kappa shape index (κ3) is 4.90. The summed E-state index contributed by atoms with van der Waals surface area (Å²) in [4.78, 5) is 15.1. The van der Waals surface area contributed by atoms with Gasteiger partial charge in [0.05, 0.1) is 21.6 Å². The first kappa shape index (κ1) is 23.2. The van der Waals surface area contributed by atoms with Crippen LogP contribution in [-0.4, -0.2) is 69.4 Å². The number of hydrogen-bond acceptors (Lipinski definition) is 5. The van der Waals surface area contributed by atoms with Gasteiger partial charge in [-0.25, -0.2) is 8.42 Å². The molecule has 7 nitrogen and oxygen atoms in total. The predicted molar refractivity (Wildman–Crippen MR) is 126 cm³/mol. The normalized spacial score (nSPS) is 25.6. The maximum atomic E-state index is 13.1. The van der Waals surface area contributed by atoms with Crippen molar-refractivity contribution >= 4 is 38.5 Å². The fourth-order valence-corrected chi connectivity index (χ4v) is 6.31. The molecule has 1 amide bonds. The van der Waals surface area contributed by atoms with Crippen LogP contribution in [0.3, 0.4) is 0 Å². The Hall–Kier alpha value is -1.43. The minimum absolute atomic E-state index is 0.0756. The van der Waals surface area contributed by atoms with Gasteiger partial charge < -0.3 is 15.0 Å². The highest BCUT2D eigenvalue weighted by Gasteiger charge is 2.35. The lowest BCUT2D eigenvalue weighted by Crippen LogP contribution is -2.53. The zero-order valence-electron chi connectivity index (χ0n) is 17.6. The Bertz CT molecular complexity index is 976. The number of carbonyl (C=O) groups excluding carboxylic acids is 1. The average molecular weight is 545 g/mol. The van der Waals surface area contributed by atoms with Crippen LogP contribution >= 0.6 is 22.6 Å². The second-order valence-corrected chi connectivity index (χ2v) is 10.9. The summed E-state index contributed by atoms with van der Waals surface area (Å²) >= 11 is 2.13. The Balaban J connectivity index is 1.70. The first-order chi connectivity index (χ1) is 14.1. The average Bonchev–Trinajstić information content (AvgIpc) is 2.69. The van der Waals surface area contributed by atoms with Crippen molar-refractivity contribution in [2.45, 2.75) is 25.9 Å². The number of carbonyl (C=O) groups is 1. The van der Waals surface area contributed by atoms with Crippen LogP contribution in [0, 0.1) is 9.49 Å². The highest BCUT2D eigenvalue weighted by atomic mass is 127. The highest BCUT2D eigenvalue weighted by Crippen LogP contribution is 2.27. The minimum atomic E-state index is -3.55. The molecule has 2 aliphatic rings. The standard InChI is InChI=1S/C21H28IN3O4S/c1-14-11-17(30(27,28)25-10-9-24(3)13-15(25)2)6-7-19(14)23-21(26)16-5-8-20(29-4)18(22)12-16/h5-8,11-12,14-15,19H,9-10,13H2,1-4H3,(H,23,26). The zero-order valence-corrected chi connectivity index (χ0v) is 20.6. The van der Waals surface area contributed by atoms with Crippen LogP contribution in [0.25, 0.3) is 0 Å². The molecule has 164 valence electrons. The third-order valence-electron chi connectivity index (χ3n) is 5.55. The van der Waals surface area contributed by atoms with Gasteiger partial charge in [0.1, 0.15) is 5.75 Å². The number of likely N-dealkylation sites (N-methyl/N-ethyl adjacent to an activating group) is 1. The van der Waals surface area contributed by atoms with Crippen LogP contribution in [0.2, 0.25) is 0 Å². The first-order valence-electron chi connectivity index (χ1n) is 9.88. The van der Waals surface area contributed by atoms with Crippen LogP contribution in [0.5, 0.6) is 5.75 Å². The number of benzene rings is 1. The number of amides is 1. The molecule has 1 fully saturated rings. The van der Waals surface area contributed by atoms with E-state index in [4.69, 9.17) is 4.74 Å². The van der Waals surface area contributed by atoms with Crippen LogP contribution in [0.4, 0.5) is 0 Å². The summed E-state index contributed by atoms with van der Waals surface area (Å²) in [6.45, 7) is 5.76. The van der Waals surface area contributed by atoms with E-state index in [2.05, 4.69) is 32.8 Å². The number of hydrogen-bond donors (Lipinski definition) is 1. The lowest BCUT2D eigenvalue weighted by molar-refractivity contribution is 0.0938. The number of piperazine rings is 1. The van der Waals surface area contributed by atoms with Gasteiger partial charge in [0.15, 0.2) is 0 Å². The van der Waals surface area contributed by atoms with Crippen molar-refractivity contribution in [3.8, 4) is 5.75 Å². The molecule has 3 atom stereocenters. The molecule has 0 saturated carbocycles. The van der Waals surface area contributed by atoms with E-state index >= 15 is 0 Å². The van der Waals surface area contributed by atoms with Crippen LogP contribution in [0.15, 0.2) is 41.3 Å². The summed E-state index contributed by atoms with van der Waals surface area (Å²) in [6, 6.07) is 4.90. The number of ether oxygens (including phenoxy) is 1. The number of sulfonamides is 1. The quantitative estimate of drug-likeness (QED) is 0.576. The Morgan fingerprint density at radius 1 is 1.27 bits per heavy atom. The van der Waals surface area contributed by atoms with E-state index in [-0.39, 0.29) is 23.9 Å². The summed E-state index contributed by atoms with van der Waals surface area (Å²) in [6.07, 6.45) is 5.12. The minimum Gasteiger partial charge on any atom is -0.496 e. The number of rotatable bonds is 5. The van der Waals surface area contributed by atoms with Gasteiger partial charge in [0, 0.05) is 31.2 Å². The third-order valence-corrected chi connectivity index (χ3v) is 8.42. The molecule has 1 N–H and O–H groups in total. The Kier molecular flexibility index (Phi) is 7.26. The van der Waals surface area contributed by atoms with Gasteiger partial charge in [0.2, 0.25) is 10.0 Å². The van der Waals surface area contributed by atoms with Crippen molar-refractivity contribution in [1.82, 2.24) is 14.5 Å². The fraction of sp³-hybridized carbons (Fsp3) is 0.476. The number of methoxy groups -OCH3 is 1. The maximum absolute atomic E-state index is 13.1. The molecule has 30 heavy (non-hydrogen) atoms. The molecule has 1 aliphatic carbocycles. The predicted octanol–water partition coefficient (Wildman–Crippen LogP) is 2.45. The second kappa shape index (κ2) is 9.37. The van der Waals surface area contributed by atoms with Crippen molar-refractivity contribution in [2.75, 3.05) is 33.8 Å². The van der Waals surface area contributed by atoms with Crippen LogP contribution in [0.1, 0.15) is 24.2 Å². The molecular formula is C21H28IN3O4S. The van der Waals surface area contributed by atoms with Crippen LogP contribution in [-0.2, 0) is 10.0 Å². The van der Waals surface area contributed by atoms with E-state index in [1.54, 1.807) is 47.8 Å². The van der Waals surface area contributed by atoms with E-state index in [0.717, 1.165) is 10.1 Å². The van der Waals surface area contributed by atoms with Gasteiger partial charge in [-0.1, -0.05) is 19.1 Å². The van der Waals surface area contributed by atoms with Gasteiger partial charge >= 0.3 is 0 Å². The lowest BCUT2D eigenvalue weighted by Gasteiger charge is -2.38. The van der Waals surface area contributed by atoms with E-state index in [9.17, 15) is 13.2 Å². The molecule has 9 heteroatoms. The van der Waals surface area contributed by atoms with E-state index < -0.39 is 10.0 Å². The second-order valence-electron chi connectivity index (χ2n) is 7.86. The molecule has 0 aromatic heterocycles. The molecule has 1 aromatic rings. The van der Waals surface area contributed by atoms with Crippen molar-refractivity contribution < 1.29 is 17.9 Å². The van der Waals surface area contributed by atoms with E-state index in [0.29, 0.717) is 29.3 Å². The molecule has 1 heterocycles. The first-order valence-corrected chi connectivity index (χ1v) is 12.4. The fourth-order valence-electron chi connectivity index (χ4n) is 3.80. The van der Waals surface area contributed by atoms with Gasteiger partial charge in [-0.3, -0.25) is 4.79 Å². The molecule has 0 radical (unpaired) electrons. The molecular weight excluding hydrogens is 517 g/mol. The number of halogens is 1.